The SMILES string of the molecule is O=C(Nc1cc(C(F)(F)F)ccc1-n1cccn1)NC1CCCC1n1ccnc1. The lowest BCUT2D eigenvalue weighted by Crippen LogP contribution is -2.40. The largest absolute Gasteiger partial charge is 0.416 e. The van der Waals surface area contributed by atoms with Gasteiger partial charge in [-0.15, -0.1) is 0 Å². The van der Waals surface area contributed by atoms with E-state index in [9.17, 15) is 18.0 Å². The van der Waals surface area contributed by atoms with Gasteiger partial charge in [0.05, 0.1) is 35.3 Å². The summed E-state index contributed by atoms with van der Waals surface area (Å²) in [6, 6.07) is 4.18. The van der Waals surface area contributed by atoms with Gasteiger partial charge in [-0.1, -0.05) is 0 Å². The highest BCUT2D eigenvalue weighted by molar-refractivity contribution is 5.92. The number of hydrogen-bond acceptors (Lipinski definition) is 3. The third-order valence-corrected chi connectivity index (χ3v) is 5.03. The van der Waals surface area contributed by atoms with E-state index >= 15 is 0 Å². The molecule has 2 atom stereocenters. The zero-order chi connectivity index (χ0) is 20.4. The van der Waals surface area contributed by atoms with Crippen LogP contribution in [0.1, 0.15) is 30.9 Å². The Morgan fingerprint density at radius 3 is 2.72 bits per heavy atom. The maximum absolute atomic E-state index is 13.2. The van der Waals surface area contributed by atoms with Crippen LogP contribution in [0.4, 0.5) is 23.7 Å². The van der Waals surface area contributed by atoms with Crippen LogP contribution in [0.3, 0.4) is 0 Å². The van der Waals surface area contributed by atoms with Gasteiger partial charge in [0.1, 0.15) is 0 Å². The number of carbonyl (C=O) groups excluding carboxylic acids is 1. The summed E-state index contributed by atoms with van der Waals surface area (Å²) < 4.78 is 42.8. The van der Waals surface area contributed by atoms with Crippen LogP contribution in [-0.2, 0) is 6.18 Å². The average Bonchev–Trinajstić information content (AvgIpc) is 3.43. The van der Waals surface area contributed by atoms with Gasteiger partial charge in [0.15, 0.2) is 0 Å². The Bertz CT molecular complexity index is 969. The molecule has 2 amide bonds. The second kappa shape index (κ2) is 7.61. The van der Waals surface area contributed by atoms with Crippen LogP contribution in [-0.4, -0.2) is 31.4 Å². The summed E-state index contributed by atoms with van der Waals surface area (Å²) in [5.74, 6) is 0. The van der Waals surface area contributed by atoms with Gasteiger partial charge in [0.25, 0.3) is 0 Å². The maximum atomic E-state index is 13.2. The number of nitrogens with one attached hydrogen (secondary N) is 2. The highest BCUT2D eigenvalue weighted by Gasteiger charge is 2.32. The Morgan fingerprint density at radius 1 is 1.17 bits per heavy atom. The first-order valence-corrected chi connectivity index (χ1v) is 9.18. The normalized spacial score (nSPS) is 19.3. The van der Waals surface area contributed by atoms with Crippen molar-refractivity contribution in [3.05, 3.63) is 60.9 Å². The maximum Gasteiger partial charge on any atom is 0.416 e. The number of carbonyl (C=O) groups is 1. The Hall–Kier alpha value is -3.30. The van der Waals surface area contributed by atoms with Gasteiger partial charge in [0.2, 0.25) is 0 Å². The molecule has 2 heterocycles. The Balaban J connectivity index is 1.55. The predicted molar refractivity (Wildman–Crippen MR) is 99.6 cm³/mol. The van der Waals surface area contributed by atoms with Gasteiger partial charge >= 0.3 is 12.2 Å². The van der Waals surface area contributed by atoms with E-state index in [-0.39, 0.29) is 17.8 Å². The average molecular weight is 404 g/mol. The topological polar surface area (TPSA) is 76.8 Å². The van der Waals surface area contributed by atoms with E-state index in [1.54, 1.807) is 24.8 Å². The van der Waals surface area contributed by atoms with Crippen LogP contribution in [0.15, 0.2) is 55.4 Å². The van der Waals surface area contributed by atoms with E-state index < -0.39 is 17.8 Å². The molecule has 4 rings (SSSR count). The zero-order valence-corrected chi connectivity index (χ0v) is 15.3. The van der Waals surface area contributed by atoms with Crippen molar-refractivity contribution in [2.24, 2.45) is 0 Å². The van der Waals surface area contributed by atoms with Crippen molar-refractivity contribution in [1.82, 2.24) is 24.6 Å². The molecule has 0 saturated heterocycles. The number of hydrogen-bond donors (Lipinski definition) is 2. The molecule has 2 N–H and O–H groups in total. The minimum absolute atomic E-state index is 0.0261. The van der Waals surface area contributed by atoms with E-state index in [1.165, 1.54) is 16.9 Å². The lowest BCUT2D eigenvalue weighted by molar-refractivity contribution is -0.137. The molecule has 0 aliphatic heterocycles. The summed E-state index contributed by atoms with van der Waals surface area (Å²) in [5.41, 5.74) is -0.477. The molecule has 2 unspecified atom stereocenters. The summed E-state index contributed by atoms with van der Waals surface area (Å²) in [4.78, 5) is 16.6. The van der Waals surface area contributed by atoms with Crippen LogP contribution in [0, 0.1) is 0 Å². The molecule has 0 radical (unpaired) electrons. The van der Waals surface area contributed by atoms with E-state index in [1.807, 2.05) is 10.8 Å². The second-order valence-corrected chi connectivity index (χ2v) is 6.89. The molecule has 1 saturated carbocycles. The van der Waals surface area contributed by atoms with Crippen LogP contribution in [0.25, 0.3) is 5.69 Å². The van der Waals surface area contributed by atoms with Crippen molar-refractivity contribution in [3.63, 3.8) is 0 Å². The molecule has 0 bridgehead atoms. The number of anilines is 1. The quantitative estimate of drug-likeness (QED) is 0.690. The van der Waals surface area contributed by atoms with Gasteiger partial charge in [-0.05, 0) is 43.5 Å². The fraction of sp³-hybridized carbons (Fsp3) is 0.316. The van der Waals surface area contributed by atoms with Crippen molar-refractivity contribution in [1.29, 1.82) is 0 Å². The van der Waals surface area contributed by atoms with Crippen LogP contribution in [0.2, 0.25) is 0 Å². The molecule has 7 nitrogen and oxygen atoms in total. The minimum Gasteiger partial charge on any atom is -0.333 e. The first kappa shape index (κ1) is 19.0. The molecule has 2 aromatic heterocycles. The summed E-state index contributed by atoms with van der Waals surface area (Å²) in [6.07, 6.45) is 6.41. The molecule has 10 heteroatoms. The summed E-state index contributed by atoms with van der Waals surface area (Å²) in [7, 11) is 0. The highest BCUT2D eigenvalue weighted by atomic mass is 19.4. The molecule has 1 fully saturated rings. The van der Waals surface area contributed by atoms with Gasteiger partial charge < -0.3 is 15.2 Å². The number of benzene rings is 1. The van der Waals surface area contributed by atoms with Gasteiger partial charge in [0, 0.05) is 24.8 Å². The zero-order valence-electron chi connectivity index (χ0n) is 15.3. The standard InChI is InChI=1S/C19H19F3N6O/c20-19(21,22)13-5-6-17(28-9-2-7-24-28)15(11-13)26-18(29)25-14-3-1-4-16(14)27-10-8-23-12-27/h2,5-12,14,16H,1,3-4H2,(H2,25,26,29). The molecule has 1 aliphatic carbocycles. The highest BCUT2D eigenvalue weighted by Crippen LogP contribution is 2.34. The van der Waals surface area contributed by atoms with E-state index in [4.69, 9.17) is 0 Å². The predicted octanol–water partition coefficient (Wildman–Crippen LogP) is 4.00. The summed E-state index contributed by atoms with van der Waals surface area (Å²) in [6.45, 7) is 0. The van der Waals surface area contributed by atoms with Crippen LogP contribution >= 0.6 is 0 Å². The van der Waals surface area contributed by atoms with Crippen molar-refractivity contribution < 1.29 is 18.0 Å². The van der Waals surface area contributed by atoms with Crippen molar-refractivity contribution in [3.8, 4) is 5.69 Å². The third kappa shape index (κ3) is 4.10. The third-order valence-electron chi connectivity index (χ3n) is 5.03. The van der Waals surface area contributed by atoms with Crippen molar-refractivity contribution in [2.75, 3.05) is 5.32 Å². The molecular weight excluding hydrogens is 385 g/mol. The van der Waals surface area contributed by atoms with E-state index in [2.05, 4.69) is 20.7 Å². The monoisotopic (exact) mass is 404 g/mol. The molecular formula is C19H19F3N6O. The number of rotatable bonds is 4. The minimum atomic E-state index is -4.52. The number of halogens is 3. The number of alkyl halides is 3. The van der Waals surface area contributed by atoms with E-state index in [0.29, 0.717) is 5.69 Å². The lowest BCUT2D eigenvalue weighted by atomic mass is 10.1. The summed E-state index contributed by atoms with van der Waals surface area (Å²) in [5, 5.41) is 9.50. The molecule has 152 valence electrons. The molecule has 3 aromatic rings. The van der Waals surface area contributed by atoms with Gasteiger partial charge in [-0.2, -0.15) is 18.3 Å². The number of amides is 2. The molecule has 1 aliphatic rings. The summed E-state index contributed by atoms with van der Waals surface area (Å²) >= 11 is 0. The fourth-order valence-electron chi connectivity index (χ4n) is 3.68. The van der Waals surface area contributed by atoms with Crippen LogP contribution < -0.4 is 10.6 Å². The number of aromatic nitrogens is 4. The van der Waals surface area contributed by atoms with Gasteiger partial charge in [-0.3, -0.25) is 0 Å². The first-order valence-electron chi connectivity index (χ1n) is 9.18. The Kier molecular flexibility index (Phi) is 4.99. The number of nitrogens with zero attached hydrogens (tertiary/aromatic N) is 4. The lowest BCUT2D eigenvalue weighted by Gasteiger charge is -2.23. The fourth-order valence-corrected chi connectivity index (χ4v) is 3.68. The second-order valence-electron chi connectivity index (χ2n) is 6.89. The first-order chi connectivity index (χ1) is 13.9. The Morgan fingerprint density at radius 2 is 2.03 bits per heavy atom. The van der Waals surface area contributed by atoms with Crippen molar-refractivity contribution >= 4 is 11.7 Å². The molecule has 29 heavy (non-hydrogen) atoms. The smallest absolute Gasteiger partial charge is 0.333 e. The number of imidazole rings is 1. The van der Waals surface area contributed by atoms with E-state index in [0.717, 1.165) is 31.4 Å². The number of urea groups is 1. The van der Waals surface area contributed by atoms with Gasteiger partial charge in [-0.25, -0.2) is 14.5 Å². The Labute approximate surface area is 164 Å². The molecule has 0 spiro atoms. The van der Waals surface area contributed by atoms with Crippen LogP contribution in [0.5, 0.6) is 0 Å². The molecule has 1 aromatic carbocycles. The van der Waals surface area contributed by atoms with Crippen molar-refractivity contribution in [2.45, 2.75) is 37.5 Å².